The Morgan fingerprint density at radius 3 is 2.55 bits per heavy atom. The fourth-order valence-electron chi connectivity index (χ4n) is 1.86. The molecule has 1 aliphatic heterocycles. The molecule has 0 aromatic heterocycles. The van der Waals surface area contributed by atoms with Crippen LogP contribution < -0.4 is 5.32 Å². The van der Waals surface area contributed by atoms with Crippen LogP contribution in [-0.2, 0) is 4.79 Å². The average molecular weight is 314 g/mol. The van der Waals surface area contributed by atoms with Gasteiger partial charge in [0.1, 0.15) is 13.1 Å². The molecular weight excluding hydrogens is 297 g/mol. The average Bonchev–Trinajstić information content (AvgIpc) is 2.34. The molecule has 116 valence electrons. The van der Waals surface area contributed by atoms with Gasteiger partial charge in [0.25, 0.3) is 0 Å². The van der Waals surface area contributed by atoms with E-state index in [1.807, 2.05) is 0 Å². The van der Waals surface area contributed by atoms with Crippen molar-refractivity contribution in [2.24, 2.45) is 0 Å². The van der Waals surface area contributed by atoms with E-state index in [4.69, 9.17) is 5.11 Å². The number of thioether (sulfide) groups is 1. The number of nitrogens with zero attached hydrogens (tertiary/aromatic N) is 1. The van der Waals surface area contributed by atoms with Crippen LogP contribution >= 0.6 is 11.8 Å². The number of aliphatic carboxylic acids is 1. The highest BCUT2D eigenvalue weighted by atomic mass is 32.2. The van der Waals surface area contributed by atoms with Crippen molar-refractivity contribution in [2.45, 2.75) is 30.7 Å². The Hall–Kier alpha value is -1.12. The predicted molar refractivity (Wildman–Crippen MR) is 68.8 cm³/mol. The number of carboxylic acids is 1. The summed E-state index contributed by atoms with van der Waals surface area (Å²) in [5.74, 6) is -0.501. The van der Waals surface area contributed by atoms with Crippen LogP contribution in [0.25, 0.3) is 0 Å². The molecule has 1 aliphatic rings. The number of carbonyl (C=O) groups is 2. The fraction of sp³-hybridized carbons (Fsp3) is 0.818. The Kier molecular flexibility index (Phi) is 6.44. The quantitative estimate of drug-likeness (QED) is 0.813. The number of hydrogen-bond donors (Lipinski definition) is 2. The first kappa shape index (κ1) is 16.9. The summed E-state index contributed by atoms with van der Waals surface area (Å²) in [4.78, 5) is 22.4. The van der Waals surface area contributed by atoms with Gasteiger partial charge in [0.15, 0.2) is 0 Å². The van der Waals surface area contributed by atoms with E-state index < -0.39 is 31.3 Å². The number of hydrogen-bond acceptors (Lipinski definition) is 3. The van der Waals surface area contributed by atoms with Crippen molar-refractivity contribution < 1.29 is 27.9 Å². The van der Waals surface area contributed by atoms with E-state index in [9.17, 15) is 22.8 Å². The number of nitrogens with one attached hydrogen (secondary N) is 1. The summed E-state index contributed by atoms with van der Waals surface area (Å²) in [5.41, 5.74) is 0. The minimum absolute atomic E-state index is 0.185. The van der Waals surface area contributed by atoms with Gasteiger partial charge in [-0.2, -0.15) is 24.9 Å². The largest absolute Gasteiger partial charge is 0.480 e. The standard InChI is InChI=1S/C11H17F3N2O3S/c12-11(13,14)7-16(6-9(17)18)10(19)15-5-8-3-1-2-4-20-8/h8H,1-7H2,(H,15,19)(H,17,18). The minimum Gasteiger partial charge on any atom is -0.480 e. The molecule has 0 spiro atoms. The van der Waals surface area contributed by atoms with E-state index in [1.54, 1.807) is 11.8 Å². The van der Waals surface area contributed by atoms with Crippen LogP contribution in [0, 0.1) is 0 Å². The van der Waals surface area contributed by atoms with Crippen LogP contribution in [0.2, 0.25) is 0 Å². The van der Waals surface area contributed by atoms with E-state index in [0.717, 1.165) is 25.0 Å². The highest BCUT2D eigenvalue weighted by Gasteiger charge is 2.34. The molecule has 1 unspecified atom stereocenters. The van der Waals surface area contributed by atoms with Crippen molar-refractivity contribution in [3.8, 4) is 0 Å². The molecule has 0 aromatic carbocycles. The second-order valence-electron chi connectivity index (χ2n) is 4.54. The van der Waals surface area contributed by atoms with Crippen LogP contribution in [0.1, 0.15) is 19.3 Å². The van der Waals surface area contributed by atoms with Gasteiger partial charge in [-0.3, -0.25) is 4.79 Å². The zero-order valence-electron chi connectivity index (χ0n) is 10.8. The molecular formula is C11H17F3N2O3S. The number of carbonyl (C=O) groups excluding carboxylic acids is 1. The van der Waals surface area contributed by atoms with Gasteiger partial charge in [0.2, 0.25) is 0 Å². The van der Waals surface area contributed by atoms with Gasteiger partial charge in [-0.1, -0.05) is 6.42 Å². The highest BCUT2D eigenvalue weighted by molar-refractivity contribution is 7.99. The van der Waals surface area contributed by atoms with Crippen molar-refractivity contribution in [3.05, 3.63) is 0 Å². The number of amides is 2. The van der Waals surface area contributed by atoms with Crippen LogP contribution in [0.15, 0.2) is 0 Å². The van der Waals surface area contributed by atoms with E-state index >= 15 is 0 Å². The monoisotopic (exact) mass is 314 g/mol. The topological polar surface area (TPSA) is 69.6 Å². The predicted octanol–water partition coefficient (Wildman–Crippen LogP) is 1.93. The molecule has 1 rings (SSSR count). The van der Waals surface area contributed by atoms with E-state index in [0.29, 0.717) is 0 Å². The second-order valence-corrected chi connectivity index (χ2v) is 5.95. The maximum Gasteiger partial charge on any atom is 0.406 e. The third kappa shape index (κ3) is 6.88. The molecule has 5 nitrogen and oxygen atoms in total. The Morgan fingerprint density at radius 2 is 2.05 bits per heavy atom. The highest BCUT2D eigenvalue weighted by Crippen LogP contribution is 2.24. The Morgan fingerprint density at radius 1 is 1.35 bits per heavy atom. The molecule has 1 saturated heterocycles. The molecule has 0 aromatic rings. The summed E-state index contributed by atoms with van der Waals surface area (Å²) < 4.78 is 36.9. The number of urea groups is 1. The first-order chi connectivity index (χ1) is 9.28. The maximum atomic E-state index is 12.3. The molecule has 2 amide bonds. The third-order valence-electron chi connectivity index (χ3n) is 2.74. The van der Waals surface area contributed by atoms with Gasteiger partial charge < -0.3 is 15.3 Å². The zero-order valence-corrected chi connectivity index (χ0v) is 11.6. The van der Waals surface area contributed by atoms with Crippen molar-refractivity contribution in [1.82, 2.24) is 10.2 Å². The lowest BCUT2D eigenvalue weighted by atomic mass is 10.2. The normalized spacial score (nSPS) is 19.4. The van der Waals surface area contributed by atoms with Gasteiger partial charge >= 0.3 is 18.2 Å². The first-order valence-corrected chi connectivity index (χ1v) is 7.26. The SMILES string of the molecule is O=C(O)CN(CC(F)(F)F)C(=O)NCC1CCCCS1. The Balaban J connectivity index is 2.47. The zero-order chi connectivity index (χ0) is 15.2. The van der Waals surface area contributed by atoms with Crippen molar-refractivity contribution in [3.63, 3.8) is 0 Å². The van der Waals surface area contributed by atoms with Gasteiger partial charge in [0.05, 0.1) is 0 Å². The molecule has 1 atom stereocenters. The molecule has 20 heavy (non-hydrogen) atoms. The van der Waals surface area contributed by atoms with Crippen LogP contribution in [0.4, 0.5) is 18.0 Å². The molecule has 0 aliphatic carbocycles. The first-order valence-electron chi connectivity index (χ1n) is 6.21. The lowest BCUT2D eigenvalue weighted by molar-refractivity contribution is -0.148. The molecule has 1 fully saturated rings. The van der Waals surface area contributed by atoms with Crippen LogP contribution in [-0.4, -0.2) is 58.8 Å². The van der Waals surface area contributed by atoms with Crippen LogP contribution in [0.5, 0.6) is 0 Å². The smallest absolute Gasteiger partial charge is 0.406 e. The summed E-state index contributed by atoms with van der Waals surface area (Å²) in [5, 5.41) is 11.1. The fourth-order valence-corrected chi connectivity index (χ4v) is 3.10. The molecule has 0 radical (unpaired) electrons. The summed E-state index contributed by atoms with van der Waals surface area (Å²) >= 11 is 1.67. The maximum absolute atomic E-state index is 12.3. The number of rotatable bonds is 5. The molecule has 9 heteroatoms. The summed E-state index contributed by atoms with van der Waals surface area (Å²) in [6.45, 7) is -2.27. The molecule has 0 saturated carbocycles. The van der Waals surface area contributed by atoms with E-state index in [2.05, 4.69) is 5.32 Å². The molecule has 2 N–H and O–H groups in total. The molecule has 0 bridgehead atoms. The number of alkyl halides is 3. The molecule has 1 heterocycles. The van der Waals surface area contributed by atoms with Crippen molar-refractivity contribution in [1.29, 1.82) is 0 Å². The van der Waals surface area contributed by atoms with E-state index in [1.165, 1.54) is 0 Å². The van der Waals surface area contributed by atoms with Crippen molar-refractivity contribution >= 4 is 23.8 Å². The summed E-state index contributed by atoms with van der Waals surface area (Å²) in [6, 6.07) is -0.990. The van der Waals surface area contributed by atoms with Gasteiger partial charge in [-0.15, -0.1) is 0 Å². The van der Waals surface area contributed by atoms with Gasteiger partial charge in [-0.05, 0) is 18.6 Å². The summed E-state index contributed by atoms with van der Waals surface area (Å²) in [7, 11) is 0. The minimum atomic E-state index is -4.62. The third-order valence-corrected chi connectivity index (χ3v) is 4.14. The van der Waals surface area contributed by atoms with E-state index in [-0.39, 0.29) is 16.7 Å². The second kappa shape index (κ2) is 7.61. The Labute approximate surface area is 118 Å². The lowest BCUT2D eigenvalue weighted by Gasteiger charge is -2.25. The Bertz CT molecular complexity index is 346. The van der Waals surface area contributed by atoms with Gasteiger partial charge in [-0.25, -0.2) is 4.79 Å². The summed E-state index contributed by atoms with van der Waals surface area (Å²) in [6.07, 6.45) is -1.57. The number of carboxylic acid groups (broad SMARTS) is 1. The number of halogens is 3. The van der Waals surface area contributed by atoms with Crippen LogP contribution in [0.3, 0.4) is 0 Å². The van der Waals surface area contributed by atoms with Gasteiger partial charge in [0, 0.05) is 11.8 Å². The lowest BCUT2D eigenvalue weighted by Crippen LogP contribution is -2.48. The van der Waals surface area contributed by atoms with Crippen molar-refractivity contribution in [2.75, 3.05) is 25.4 Å².